The van der Waals surface area contributed by atoms with Crippen LogP contribution >= 0.6 is 0 Å². The van der Waals surface area contributed by atoms with E-state index in [2.05, 4.69) is 83.1 Å². The van der Waals surface area contributed by atoms with Gasteiger partial charge in [0.1, 0.15) is 5.65 Å². The summed E-state index contributed by atoms with van der Waals surface area (Å²) in [5.74, 6) is 0.0509. The SMILES string of the molecule is CCCN(CCC)Cc1cc2c(C3=CN(C)C(NC)C=C3)ccnc2n1C.Cc1ccc(C(=O)N(C)C)cc1. The molecule has 1 aliphatic rings. The Balaban J connectivity index is 0.000000293. The summed E-state index contributed by atoms with van der Waals surface area (Å²) in [5.41, 5.74) is 6.78. The molecule has 7 nitrogen and oxygen atoms in total. The molecule has 3 heterocycles. The third-order valence-electron chi connectivity index (χ3n) is 7.04. The van der Waals surface area contributed by atoms with Crippen molar-refractivity contribution in [3.8, 4) is 0 Å². The predicted octanol–water partition coefficient (Wildman–Crippen LogP) is 5.28. The van der Waals surface area contributed by atoms with Gasteiger partial charge in [0.15, 0.2) is 0 Å². The van der Waals surface area contributed by atoms with Crippen LogP contribution in [0.1, 0.15) is 53.9 Å². The molecule has 0 spiro atoms. The van der Waals surface area contributed by atoms with Crippen LogP contribution in [0.2, 0.25) is 0 Å². The lowest BCUT2D eigenvalue weighted by molar-refractivity contribution is 0.0827. The highest BCUT2D eigenvalue weighted by Gasteiger charge is 2.17. The van der Waals surface area contributed by atoms with Gasteiger partial charge in [-0.05, 0) is 81.4 Å². The van der Waals surface area contributed by atoms with Gasteiger partial charge < -0.3 is 14.4 Å². The highest BCUT2D eigenvalue weighted by atomic mass is 16.2. The predicted molar refractivity (Wildman–Crippen MR) is 163 cm³/mol. The lowest BCUT2D eigenvalue weighted by atomic mass is 10.0. The van der Waals surface area contributed by atoms with E-state index < -0.39 is 0 Å². The fourth-order valence-corrected chi connectivity index (χ4v) is 4.89. The molecule has 1 atom stereocenters. The molecule has 0 saturated heterocycles. The third kappa shape index (κ3) is 7.58. The van der Waals surface area contributed by atoms with Crippen LogP contribution < -0.4 is 5.32 Å². The minimum absolute atomic E-state index is 0.0509. The van der Waals surface area contributed by atoms with E-state index in [0.29, 0.717) is 0 Å². The Morgan fingerprint density at radius 2 is 1.72 bits per heavy atom. The van der Waals surface area contributed by atoms with Gasteiger partial charge in [-0.25, -0.2) is 4.98 Å². The number of allylic oxidation sites excluding steroid dienone is 2. The number of carbonyl (C=O) groups excluding carboxylic acids is 1. The quantitative estimate of drug-likeness (QED) is 0.408. The zero-order chi connectivity index (χ0) is 28.5. The van der Waals surface area contributed by atoms with Crippen molar-refractivity contribution < 1.29 is 4.79 Å². The smallest absolute Gasteiger partial charge is 0.253 e. The second kappa shape index (κ2) is 14.1. The number of likely N-dealkylation sites (N-methyl/N-ethyl adjacent to an activating group) is 2. The number of aromatic nitrogens is 2. The maximum absolute atomic E-state index is 11.4. The normalized spacial score (nSPS) is 14.8. The summed E-state index contributed by atoms with van der Waals surface area (Å²) < 4.78 is 2.25. The number of nitrogens with zero attached hydrogens (tertiary/aromatic N) is 5. The lowest BCUT2D eigenvalue weighted by Gasteiger charge is -2.28. The fourth-order valence-electron chi connectivity index (χ4n) is 4.89. The number of aryl methyl sites for hydroxylation is 2. The molecule has 1 amide bonds. The van der Waals surface area contributed by atoms with E-state index in [9.17, 15) is 4.79 Å². The Morgan fingerprint density at radius 1 is 1.05 bits per heavy atom. The van der Waals surface area contributed by atoms with Gasteiger partial charge in [-0.3, -0.25) is 15.0 Å². The molecular weight excluding hydrogens is 484 g/mol. The number of rotatable bonds is 9. The van der Waals surface area contributed by atoms with Gasteiger partial charge in [-0.2, -0.15) is 0 Å². The van der Waals surface area contributed by atoms with Gasteiger partial charge in [0.25, 0.3) is 5.91 Å². The second-order valence-corrected chi connectivity index (χ2v) is 10.5. The zero-order valence-corrected chi connectivity index (χ0v) is 25.0. The van der Waals surface area contributed by atoms with E-state index in [1.165, 1.54) is 40.6 Å². The standard InChI is InChI=1S/C22H33N5.C10H13NO/c1-6-12-27(13-7-2)16-18-14-20-19(10-11-24-22(20)26(18)5)17-8-9-21(23-3)25(4)15-17;1-8-4-6-9(7-5-8)10(12)11(2)3/h8-11,14-15,21,23H,6-7,12-13,16H2,1-5H3;4-7H,1-3H3. The first kappa shape index (κ1) is 30.1. The van der Waals surface area contributed by atoms with Gasteiger partial charge >= 0.3 is 0 Å². The number of fused-ring (bicyclic) bond motifs is 1. The van der Waals surface area contributed by atoms with Crippen LogP contribution in [0.15, 0.2) is 60.9 Å². The summed E-state index contributed by atoms with van der Waals surface area (Å²) in [6, 6.07) is 12.0. The maximum Gasteiger partial charge on any atom is 0.253 e. The van der Waals surface area contributed by atoms with Crippen molar-refractivity contribution >= 4 is 22.5 Å². The molecule has 1 N–H and O–H groups in total. The van der Waals surface area contributed by atoms with Gasteiger partial charge in [0.05, 0.1) is 6.17 Å². The van der Waals surface area contributed by atoms with Crippen molar-refractivity contribution in [2.75, 3.05) is 41.3 Å². The Kier molecular flexibility index (Phi) is 10.9. The van der Waals surface area contributed by atoms with Gasteiger partial charge in [-0.15, -0.1) is 0 Å². The van der Waals surface area contributed by atoms with Gasteiger partial charge in [0.2, 0.25) is 0 Å². The maximum atomic E-state index is 11.4. The molecule has 0 bridgehead atoms. The minimum Gasteiger partial charge on any atom is -0.361 e. The summed E-state index contributed by atoms with van der Waals surface area (Å²) in [6.45, 7) is 9.76. The minimum atomic E-state index is 0.0509. The van der Waals surface area contributed by atoms with Crippen molar-refractivity contribution in [3.05, 3.63) is 83.3 Å². The van der Waals surface area contributed by atoms with Crippen LogP contribution in [0.4, 0.5) is 0 Å². The number of carbonyl (C=O) groups is 1. The molecule has 2 aromatic heterocycles. The molecule has 3 aromatic rings. The van der Waals surface area contributed by atoms with Crippen LogP contribution in [0.3, 0.4) is 0 Å². The fraction of sp³-hybridized carbons (Fsp3) is 0.438. The Hall–Kier alpha value is -3.42. The molecule has 4 rings (SSSR count). The van der Waals surface area contributed by atoms with Crippen molar-refractivity contribution in [1.29, 1.82) is 0 Å². The number of hydrogen-bond donors (Lipinski definition) is 1. The molecule has 39 heavy (non-hydrogen) atoms. The number of hydrogen-bond acceptors (Lipinski definition) is 5. The second-order valence-electron chi connectivity index (χ2n) is 10.5. The van der Waals surface area contributed by atoms with Crippen molar-refractivity contribution in [3.63, 3.8) is 0 Å². The Morgan fingerprint density at radius 3 is 2.28 bits per heavy atom. The van der Waals surface area contributed by atoms with E-state index in [-0.39, 0.29) is 12.1 Å². The Labute approximate surface area is 234 Å². The molecular formula is C32H46N6O. The summed E-state index contributed by atoms with van der Waals surface area (Å²) >= 11 is 0. The van der Waals surface area contributed by atoms with E-state index in [1.54, 1.807) is 19.0 Å². The average Bonchev–Trinajstić information content (AvgIpc) is 3.24. The summed E-state index contributed by atoms with van der Waals surface area (Å²) in [5, 5.41) is 4.53. The van der Waals surface area contributed by atoms with Crippen LogP contribution in [-0.2, 0) is 13.6 Å². The molecule has 1 aliphatic heterocycles. The van der Waals surface area contributed by atoms with E-state index in [4.69, 9.17) is 0 Å². The highest BCUT2D eigenvalue weighted by Crippen LogP contribution is 2.29. The number of nitrogens with one attached hydrogen (secondary N) is 1. The third-order valence-corrected chi connectivity index (χ3v) is 7.04. The monoisotopic (exact) mass is 530 g/mol. The molecule has 0 aliphatic carbocycles. The topological polar surface area (TPSA) is 56.6 Å². The molecule has 7 heteroatoms. The largest absolute Gasteiger partial charge is 0.361 e. The first-order valence-electron chi connectivity index (χ1n) is 13.9. The van der Waals surface area contributed by atoms with Crippen LogP contribution in [0, 0.1) is 6.92 Å². The average molecular weight is 531 g/mol. The molecule has 0 radical (unpaired) electrons. The summed E-state index contributed by atoms with van der Waals surface area (Å²) in [4.78, 5) is 22.4. The van der Waals surface area contributed by atoms with Gasteiger partial charge in [-0.1, -0.05) is 37.6 Å². The van der Waals surface area contributed by atoms with E-state index in [1.807, 2.05) is 44.4 Å². The number of benzene rings is 1. The number of amides is 1. The van der Waals surface area contributed by atoms with Gasteiger partial charge in [0, 0.05) is 63.8 Å². The molecule has 1 aromatic carbocycles. The van der Waals surface area contributed by atoms with Crippen LogP contribution in [-0.4, -0.2) is 77.6 Å². The molecule has 0 fully saturated rings. The first-order chi connectivity index (χ1) is 18.7. The summed E-state index contributed by atoms with van der Waals surface area (Å²) in [6.07, 6.45) is 11.2. The van der Waals surface area contributed by atoms with Crippen LogP contribution in [0.5, 0.6) is 0 Å². The van der Waals surface area contributed by atoms with E-state index in [0.717, 1.165) is 30.8 Å². The van der Waals surface area contributed by atoms with Crippen molar-refractivity contribution in [2.24, 2.45) is 7.05 Å². The molecule has 0 saturated carbocycles. The summed E-state index contributed by atoms with van der Waals surface area (Å²) in [7, 11) is 9.73. The molecule has 1 unspecified atom stereocenters. The zero-order valence-electron chi connectivity index (χ0n) is 25.0. The highest BCUT2D eigenvalue weighted by molar-refractivity contribution is 5.94. The Bertz CT molecular complexity index is 1280. The van der Waals surface area contributed by atoms with Crippen molar-refractivity contribution in [2.45, 2.75) is 46.3 Å². The van der Waals surface area contributed by atoms with Crippen LogP contribution in [0.25, 0.3) is 16.6 Å². The first-order valence-corrected chi connectivity index (χ1v) is 13.9. The van der Waals surface area contributed by atoms with Crippen molar-refractivity contribution in [1.82, 2.24) is 29.6 Å². The lowest BCUT2D eigenvalue weighted by Crippen LogP contribution is -2.38. The van der Waals surface area contributed by atoms with E-state index >= 15 is 0 Å². The molecule has 210 valence electrons. The number of pyridine rings is 1.